The van der Waals surface area contributed by atoms with Crippen molar-refractivity contribution in [3.8, 4) is 0 Å². The quantitative estimate of drug-likeness (QED) is 0.491. The minimum absolute atomic E-state index is 0.0459. The number of nitrogens with one attached hydrogen (secondary N) is 2. The van der Waals surface area contributed by atoms with Gasteiger partial charge >= 0.3 is 6.03 Å². The maximum absolute atomic E-state index is 13.0. The average Bonchev–Trinajstić information content (AvgIpc) is 3.21. The van der Waals surface area contributed by atoms with Crippen LogP contribution in [0.3, 0.4) is 0 Å². The van der Waals surface area contributed by atoms with E-state index in [4.69, 9.17) is 0 Å². The summed E-state index contributed by atoms with van der Waals surface area (Å²) in [6.45, 7) is 5.97. The maximum Gasteiger partial charge on any atom is 0.317 e. The number of nitro benzene ring substituents is 1. The number of benzene rings is 2. The number of sulfonamides is 1. The number of carbonyl (C=O) groups excluding carboxylic acids is 1. The lowest BCUT2D eigenvalue weighted by Crippen LogP contribution is -2.49. The summed E-state index contributed by atoms with van der Waals surface area (Å²) in [5.41, 5.74) is 2.27. The third kappa shape index (κ3) is 4.72. The molecular formula is C22H27N5O5S. The summed E-state index contributed by atoms with van der Waals surface area (Å²) in [5, 5.41) is 14.7. The summed E-state index contributed by atoms with van der Waals surface area (Å²) >= 11 is 0. The minimum Gasteiger partial charge on any atom is -0.364 e. The zero-order chi connectivity index (χ0) is 23.8. The Labute approximate surface area is 192 Å². The lowest BCUT2D eigenvalue weighted by Gasteiger charge is -2.38. The van der Waals surface area contributed by atoms with Crippen LogP contribution in [-0.2, 0) is 10.0 Å². The van der Waals surface area contributed by atoms with Crippen molar-refractivity contribution in [2.75, 3.05) is 35.8 Å². The number of nitro groups is 1. The van der Waals surface area contributed by atoms with E-state index >= 15 is 0 Å². The van der Waals surface area contributed by atoms with Gasteiger partial charge in [0.1, 0.15) is 5.69 Å². The average molecular weight is 474 g/mol. The van der Waals surface area contributed by atoms with Crippen LogP contribution in [0.15, 0.2) is 41.3 Å². The number of nitrogens with zero attached hydrogens (tertiary/aromatic N) is 3. The molecule has 11 heteroatoms. The largest absolute Gasteiger partial charge is 0.364 e. The summed E-state index contributed by atoms with van der Waals surface area (Å²) in [6, 6.07) is 9.15. The molecule has 2 aromatic carbocycles. The molecule has 0 aliphatic carbocycles. The second-order valence-corrected chi connectivity index (χ2v) is 10.2. The van der Waals surface area contributed by atoms with Crippen LogP contribution in [0.4, 0.5) is 21.9 Å². The van der Waals surface area contributed by atoms with E-state index in [2.05, 4.69) is 10.0 Å². The van der Waals surface area contributed by atoms with E-state index in [-0.39, 0.29) is 22.7 Å². The van der Waals surface area contributed by atoms with Gasteiger partial charge in [0.2, 0.25) is 0 Å². The number of carbonyl (C=O) groups is 1. The van der Waals surface area contributed by atoms with Crippen molar-refractivity contribution in [3.05, 3.63) is 57.6 Å². The molecule has 2 aliphatic rings. The SMILES string of the molecule is Cc1ccc(NS(=O)(=O)c2ccc(N3CCCC(N4CCNC4=O)C3)c([N+](=O)[O-])c2)c(C)c1. The van der Waals surface area contributed by atoms with Crippen molar-refractivity contribution in [1.29, 1.82) is 0 Å². The van der Waals surface area contributed by atoms with Gasteiger partial charge in [-0.25, -0.2) is 13.2 Å². The smallest absolute Gasteiger partial charge is 0.317 e. The number of aryl methyl sites for hydroxylation is 2. The zero-order valence-electron chi connectivity index (χ0n) is 18.6. The van der Waals surface area contributed by atoms with Gasteiger partial charge < -0.3 is 15.1 Å². The van der Waals surface area contributed by atoms with Crippen molar-refractivity contribution >= 4 is 33.1 Å². The van der Waals surface area contributed by atoms with Crippen molar-refractivity contribution in [3.63, 3.8) is 0 Å². The molecule has 2 aromatic rings. The predicted octanol–water partition coefficient (Wildman–Crippen LogP) is 3.01. The molecule has 2 heterocycles. The standard InChI is InChI=1S/C22H27N5O5S/c1-15-5-7-19(16(2)12-15)24-33(31,32)18-6-8-20(21(13-18)27(29)30)25-10-3-4-17(14-25)26-11-9-23-22(26)28/h5-8,12-13,17,24H,3-4,9-11,14H2,1-2H3,(H,23,28). The number of piperidine rings is 1. The highest BCUT2D eigenvalue weighted by molar-refractivity contribution is 7.92. The number of urea groups is 1. The third-order valence-corrected chi connectivity index (χ3v) is 7.51. The van der Waals surface area contributed by atoms with E-state index in [9.17, 15) is 23.3 Å². The van der Waals surface area contributed by atoms with Crippen LogP contribution in [0.2, 0.25) is 0 Å². The highest BCUT2D eigenvalue weighted by atomic mass is 32.2. The Morgan fingerprint density at radius 1 is 1.15 bits per heavy atom. The predicted molar refractivity (Wildman–Crippen MR) is 125 cm³/mol. The molecule has 0 spiro atoms. The fraction of sp³-hybridized carbons (Fsp3) is 0.409. The molecule has 2 saturated heterocycles. The van der Waals surface area contributed by atoms with Gasteiger partial charge in [0.15, 0.2) is 0 Å². The summed E-state index contributed by atoms with van der Waals surface area (Å²) in [7, 11) is -4.02. The normalized spacial score (nSPS) is 18.8. The van der Waals surface area contributed by atoms with Crippen molar-refractivity contribution in [2.24, 2.45) is 0 Å². The molecule has 2 amide bonds. The van der Waals surface area contributed by atoms with Gasteiger partial charge in [-0.1, -0.05) is 17.7 Å². The molecule has 2 N–H and O–H groups in total. The molecular weight excluding hydrogens is 446 g/mol. The summed E-state index contributed by atoms with van der Waals surface area (Å²) in [4.78, 5) is 26.8. The Morgan fingerprint density at radius 2 is 1.94 bits per heavy atom. The Kier molecular flexibility index (Phi) is 6.15. The number of hydrogen-bond donors (Lipinski definition) is 2. The van der Waals surface area contributed by atoms with Crippen molar-refractivity contribution < 1.29 is 18.1 Å². The molecule has 1 unspecified atom stereocenters. The van der Waals surface area contributed by atoms with E-state index in [1.807, 2.05) is 17.9 Å². The van der Waals surface area contributed by atoms with E-state index in [1.165, 1.54) is 12.1 Å². The third-order valence-electron chi connectivity index (χ3n) is 6.15. The number of rotatable bonds is 6. The molecule has 0 saturated carbocycles. The number of amides is 2. The molecule has 1 atom stereocenters. The van der Waals surface area contributed by atoms with E-state index in [1.54, 1.807) is 24.0 Å². The fourth-order valence-electron chi connectivity index (χ4n) is 4.48. The molecule has 10 nitrogen and oxygen atoms in total. The molecule has 176 valence electrons. The van der Waals surface area contributed by atoms with Crippen LogP contribution in [-0.4, -0.2) is 56.5 Å². The van der Waals surface area contributed by atoms with Crippen LogP contribution < -0.4 is 14.9 Å². The van der Waals surface area contributed by atoms with Crippen LogP contribution in [0.5, 0.6) is 0 Å². The Bertz CT molecular complexity index is 1200. The van der Waals surface area contributed by atoms with Crippen molar-refractivity contribution in [1.82, 2.24) is 10.2 Å². The Hall–Kier alpha value is -3.34. The first-order valence-corrected chi connectivity index (χ1v) is 12.3. The van der Waals surface area contributed by atoms with E-state index < -0.39 is 14.9 Å². The van der Waals surface area contributed by atoms with Crippen molar-refractivity contribution in [2.45, 2.75) is 37.6 Å². The molecule has 4 rings (SSSR count). The number of anilines is 2. The highest BCUT2D eigenvalue weighted by Crippen LogP contribution is 2.34. The van der Waals surface area contributed by atoms with Crippen LogP contribution in [0, 0.1) is 24.0 Å². The van der Waals surface area contributed by atoms with Gasteiger partial charge in [-0.15, -0.1) is 0 Å². The zero-order valence-corrected chi connectivity index (χ0v) is 19.4. The number of hydrogen-bond acceptors (Lipinski definition) is 6. The highest BCUT2D eigenvalue weighted by Gasteiger charge is 2.33. The Morgan fingerprint density at radius 3 is 2.61 bits per heavy atom. The van der Waals surface area contributed by atoms with E-state index in [0.717, 1.165) is 30.0 Å². The van der Waals surface area contributed by atoms with Crippen LogP contribution in [0.25, 0.3) is 0 Å². The van der Waals surface area contributed by atoms with Gasteiger partial charge in [-0.2, -0.15) is 0 Å². The monoisotopic (exact) mass is 473 g/mol. The summed E-state index contributed by atoms with van der Waals surface area (Å²) in [6.07, 6.45) is 1.60. The fourth-order valence-corrected chi connectivity index (χ4v) is 5.63. The first-order chi connectivity index (χ1) is 15.7. The van der Waals surface area contributed by atoms with Gasteiger partial charge in [-0.05, 0) is 50.5 Å². The molecule has 0 aromatic heterocycles. The minimum atomic E-state index is -4.02. The van der Waals surface area contributed by atoms with Crippen LogP contribution >= 0.6 is 0 Å². The van der Waals surface area contributed by atoms with E-state index in [0.29, 0.717) is 37.6 Å². The van der Waals surface area contributed by atoms with Gasteiger partial charge in [0, 0.05) is 32.2 Å². The molecule has 2 fully saturated rings. The lowest BCUT2D eigenvalue weighted by atomic mass is 10.0. The first-order valence-electron chi connectivity index (χ1n) is 10.8. The molecule has 0 bridgehead atoms. The molecule has 33 heavy (non-hydrogen) atoms. The Balaban J connectivity index is 1.61. The molecule has 2 aliphatic heterocycles. The summed E-state index contributed by atoms with van der Waals surface area (Å²) in [5.74, 6) is 0. The summed E-state index contributed by atoms with van der Waals surface area (Å²) < 4.78 is 28.5. The second kappa shape index (κ2) is 8.89. The maximum atomic E-state index is 13.0. The topological polar surface area (TPSA) is 125 Å². The van der Waals surface area contributed by atoms with Gasteiger partial charge in [0.05, 0.1) is 21.5 Å². The lowest BCUT2D eigenvalue weighted by molar-refractivity contribution is -0.384. The van der Waals surface area contributed by atoms with Gasteiger partial charge in [-0.3, -0.25) is 14.8 Å². The second-order valence-electron chi connectivity index (χ2n) is 8.50. The van der Waals surface area contributed by atoms with Gasteiger partial charge in [0.25, 0.3) is 15.7 Å². The first kappa shape index (κ1) is 22.8. The molecule has 0 radical (unpaired) electrons. The van der Waals surface area contributed by atoms with Crippen LogP contribution in [0.1, 0.15) is 24.0 Å².